The largest absolute Gasteiger partial charge is 0.355 e. The van der Waals surface area contributed by atoms with Crippen LogP contribution in [0.4, 0.5) is 5.82 Å². The standard InChI is InChI=1S/C23H29N5O2/c1-27(2)20(29)14-24-23(30)17-10-7-13-28(15-17)22-18-11-6-12-19(18)25-21(26-22)16-8-4-3-5-9-16/h3-5,8-9,17H,6-7,10-15H2,1-2H3,(H,24,30)/t17-/m0/s1. The molecule has 1 aromatic carbocycles. The molecule has 0 spiro atoms. The van der Waals surface area contributed by atoms with Gasteiger partial charge in [0.05, 0.1) is 12.5 Å². The van der Waals surface area contributed by atoms with E-state index < -0.39 is 0 Å². The maximum Gasteiger partial charge on any atom is 0.241 e. The predicted octanol–water partition coefficient (Wildman–Crippen LogP) is 2.05. The van der Waals surface area contributed by atoms with Crippen molar-refractivity contribution in [2.75, 3.05) is 38.6 Å². The van der Waals surface area contributed by atoms with Gasteiger partial charge in [-0.2, -0.15) is 0 Å². The van der Waals surface area contributed by atoms with Gasteiger partial charge in [0, 0.05) is 44.0 Å². The summed E-state index contributed by atoms with van der Waals surface area (Å²) < 4.78 is 0. The number of likely N-dealkylation sites (N-methyl/N-ethyl adjacent to an activating group) is 1. The fourth-order valence-corrected chi connectivity index (χ4v) is 4.24. The van der Waals surface area contributed by atoms with E-state index in [2.05, 4.69) is 10.2 Å². The van der Waals surface area contributed by atoms with Crippen molar-refractivity contribution in [3.63, 3.8) is 0 Å². The molecule has 1 fully saturated rings. The molecule has 1 atom stereocenters. The Morgan fingerprint density at radius 3 is 2.70 bits per heavy atom. The molecule has 0 bridgehead atoms. The molecule has 2 amide bonds. The Labute approximate surface area is 177 Å². The minimum Gasteiger partial charge on any atom is -0.355 e. The van der Waals surface area contributed by atoms with Crippen molar-refractivity contribution in [1.29, 1.82) is 0 Å². The number of hydrogen-bond donors (Lipinski definition) is 1. The van der Waals surface area contributed by atoms with Gasteiger partial charge >= 0.3 is 0 Å². The second kappa shape index (κ2) is 8.81. The maximum atomic E-state index is 12.7. The summed E-state index contributed by atoms with van der Waals surface area (Å²) in [6.07, 6.45) is 4.83. The van der Waals surface area contributed by atoms with Crippen LogP contribution in [0.5, 0.6) is 0 Å². The highest BCUT2D eigenvalue weighted by molar-refractivity contribution is 5.86. The summed E-state index contributed by atoms with van der Waals surface area (Å²) >= 11 is 0. The van der Waals surface area contributed by atoms with Gasteiger partial charge in [0.1, 0.15) is 5.82 Å². The number of aromatic nitrogens is 2. The molecule has 7 heteroatoms. The number of nitrogens with one attached hydrogen (secondary N) is 1. The molecule has 1 aliphatic carbocycles. The molecule has 0 unspecified atom stereocenters. The van der Waals surface area contributed by atoms with Crippen molar-refractivity contribution in [2.45, 2.75) is 32.1 Å². The number of nitrogens with zero attached hydrogens (tertiary/aromatic N) is 4. The summed E-state index contributed by atoms with van der Waals surface area (Å²) in [4.78, 5) is 38.0. The van der Waals surface area contributed by atoms with Crippen LogP contribution in [0.15, 0.2) is 30.3 Å². The number of benzene rings is 1. The molecule has 2 heterocycles. The predicted molar refractivity (Wildman–Crippen MR) is 116 cm³/mol. The lowest BCUT2D eigenvalue weighted by Crippen LogP contribution is -2.46. The van der Waals surface area contributed by atoms with Gasteiger partial charge in [-0.05, 0) is 32.1 Å². The number of piperidine rings is 1. The number of carbonyl (C=O) groups excluding carboxylic acids is 2. The van der Waals surface area contributed by atoms with E-state index in [1.165, 1.54) is 10.5 Å². The van der Waals surface area contributed by atoms with E-state index in [-0.39, 0.29) is 24.3 Å². The Bertz CT molecular complexity index is 929. The van der Waals surface area contributed by atoms with Crippen LogP contribution in [0.2, 0.25) is 0 Å². The third-order valence-corrected chi connectivity index (χ3v) is 5.95. The quantitative estimate of drug-likeness (QED) is 0.821. The highest BCUT2D eigenvalue weighted by atomic mass is 16.2. The van der Waals surface area contributed by atoms with Crippen LogP contribution in [0.1, 0.15) is 30.5 Å². The molecule has 7 nitrogen and oxygen atoms in total. The average Bonchev–Trinajstić information content (AvgIpc) is 3.26. The third kappa shape index (κ3) is 4.30. The Morgan fingerprint density at radius 1 is 1.13 bits per heavy atom. The van der Waals surface area contributed by atoms with Gasteiger partial charge in [0.2, 0.25) is 11.8 Å². The minimum atomic E-state index is -0.138. The van der Waals surface area contributed by atoms with Gasteiger partial charge in [-0.1, -0.05) is 30.3 Å². The van der Waals surface area contributed by atoms with E-state index in [4.69, 9.17) is 9.97 Å². The highest BCUT2D eigenvalue weighted by Gasteiger charge is 2.30. The van der Waals surface area contributed by atoms with Gasteiger partial charge < -0.3 is 15.1 Å². The lowest BCUT2D eigenvalue weighted by molar-refractivity contribution is -0.132. The molecular weight excluding hydrogens is 378 g/mol. The van der Waals surface area contributed by atoms with Crippen molar-refractivity contribution >= 4 is 17.6 Å². The second-order valence-corrected chi connectivity index (χ2v) is 8.31. The topological polar surface area (TPSA) is 78.4 Å². The van der Waals surface area contributed by atoms with Crippen molar-refractivity contribution in [3.05, 3.63) is 41.6 Å². The third-order valence-electron chi connectivity index (χ3n) is 5.95. The SMILES string of the molecule is CN(C)C(=O)CNC(=O)[C@H]1CCCN(c2nc(-c3ccccc3)nc3c2CCC3)C1. The molecular formula is C23H29N5O2. The first-order valence-corrected chi connectivity index (χ1v) is 10.7. The monoisotopic (exact) mass is 407 g/mol. The van der Waals surface area contributed by atoms with Crippen molar-refractivity contribution in [2.24, 2.45) is 5.92 Å². The number of aryl methyl sites for hydroxylation is 1. The lowest BCUT2D eigenvalue weighted by Gasteiger charge is -2.34. The van der Waals surface area contributed by atoms with Gasteiger partial charge in [-0.3, -0.25) is 9.59 Å². The smallest absolute Gasteiger partial charge is 0.241 e. The first-order valence-electron chi connectivity index (χ1n) is 10.7. The van der Waals surface area contributed by atoms with Crippen LogP contribution in [0.25, 0.3) is 11.4 Å². The van der Waals surface area contributed by atoms with Crippen molar-refractivity contribution in [3.8, 4) is 11.4 Å². The van der Waals surface area contributed by atoms with Gasteiger partial charge in [0.25, 0.3) is 0 Å². The molecule has 158 valence electrons. The van der Waals surface area contributed by atoms with Crippen molar-refractivity contribution in [1.82, 2.24) is 20.2 Å². The molecule has 1 aromatic heterocycles. The van der Waals surface area contributed by atoms with Crippen LogP contribution in [-0.4, -0.2) is 60.4 Å². The fraction of sp³-hybridized carbons (Fsp3) is 0.478. The number of carbonyl (C=O) groups is 2. The van der Waals surface area contributed by atoms with Crippen molar-refractivity contribution < 1.29 is 9.59 Å². The van der Waals surface area contributed by atoms with Crippen LogP contribution >= 0.6 is 0 Å². The number of anilines is 1. The van der Waals surface area contributed by atoms with Crippen LogP contribution < -0.4 is 10.2 Å². The molecule has 1 saturated heterocycles. The molecule has 1 N–H and O–H groups in total. The van der Waals surface area contributed by atoms with E-state index in [0.29, 0.717) is 6.54 Å². The summed E-state index contributed by atoms with van der Waals surface area (Å²) in [7, 11) is 3.38. The first kappa shape index (κ1) is 20.3. The maximum absolute atomic E-state index is 12.7. The number of fused-ring (bicyclic) bond motifs is 1. The summed E-state index contributed by atoms with van der Waals surface area (Å²) in [5, 5.41) is 2.81. The second-order valence-electron chi connectivity index (χ2n) is 8.31. The zero-order chi connectivity index (χ0) is 21.1. The lowest BCUT2D eigenvalue weighted by atomic mass is 9.96. The van der Waals surface area contributed by atoms with Crippen LogP contribution in [-0.2, 0) is 22.4 Å². The van der Waals surface area contributed by atoms with Crippen LogP contribution in [0, 0.1) is 5.92 Å². The van der Waals surface area contributed by atoms with Gasteiger partial charge in [-0.25, -0.2) is 9.97 Å². The molecule has 0 saturated carbocycles. The highest BCUT2D eigenvalue weighted by Crippen LogP contribution is 2.33. The molecule has 30 heavy (non-hydrogen) atoms. The van der Waals surface area contributed by atoms with E-state index in [1.807, 2.05) is 30.3 Å². The molecule has 1 aliphatic heterocycles. The number of amides is 2. The summed E-state index contributed by atoms with van der Waals surface area (Å²) in [6, 6.07) is 10.1. The zero-order valence-corrected chi connectivity index (χ0v) is 17.7. The Balaban J connectivity index is 1.54. The number of rotatable bonds is 5. The Morgan fingerprint density at radius 2 is 1.93 bits per heavy atom. The summed E-state index contributed by atoms with van der Waals surface area (Å²) in [5.74, 6) is 1.45. The number of hydrogen-bond acceptors (Lipinski definition) is 5. The molecule has 0 radical (unpaired) electrons. The zero-order valence-electron chi connectivity index (χ0n) is 17.7. The van der Waals surface area contributed by atoms with E-state index >= 15 is 0 Å². The molecule has 2 aromatic rings. The normalized spacial score (nSPS) is 18.1. The Kier molecular flexibility index (Phi) is 5.97. The molecule has 4 rings (SSSR count). The van der Waals surface area contributed by atoms with E-state index in [0.717, 1.165) is 61.5 Å². The van der Waals surface area contributed by atoms with E-state index in [9.17, 15) is 9.59 Å². The van der Waals surface area contributed by atoms with Gasteiger partial charge in [-0.15, -0.1) is 0 Å². The Hall–Kier alpha value is -2.96. The first-order chi connectivity index (χ1) is 14.5. The summed E-state index contributed by atoms with van der Waals surface area (Å²) in [5.41, 5.74) is 3.39. The fourth-order valence-electron chi connectivity index (χ4n) is 4.24. The van der Waals surface area contributed by atoms with E-state index in [1.54, 1.807) is 14.1 Å². The summed E-state index contributed by atoms with van der Waals surface area (Å²) in [6.45, 7) is 1.56. The van der Waals surface area contributed by atoms with Gasteiger partial charge in [0.15, 0.2) is 5.82 Å². The molecule has 2 aliphatic rings. The average molecular weight is 408 g/mol. The minimum absolute atomic E-state index is 0.0450. The van der Waals surface area contributed by atoms with Crippen LogP contribution in [0.3, 0.4) is 0 Å².